The third kappa shape index (κ3) is 2.60. The minimum atomic E-state index is -0.127. The van der Waals surface area contributed by atoms with Gasteiger partial charge in [-0.3, -0.25) is 9.20 Å². The number of pyridine rings is 1. The molecular formula is C14H18N4O2. The van der Waals surface area contributed by atoms with Crippen LogP contribution in [0.5, 0.6) is 0 Å². The van der Waals surface area contributed by atoms with E-state index in [0.717, 1.165) is 12.0 Å². The number of rotatable bonds is 5. The molecule has 2 aromatic heterocycles. The van der Waals surface area contributed by atoms with E-state index in [4.69, 9.17) is 0 Å². The third-order valence-corrected chi connectivity index (χ3v) is 3.10. The maximum absolute atomic E-state index is 12.3. The average molecular weight is 274 g/mol. The van der Waals surface area contributed by atoms with Crippen LogP contribution in [0.3, 0.4) is 0 Å². The Bertz CT molecular complexity index is 691. The van der Waals surface area contributed by atoms with Crippen LogP contribution < -0.4 is 5.56 Å². The molecule has 2 rings (SSSR count). The van der Waals surface area contributed by atoms with Crippen molar-refractivity contribution in [2.45, 2.75) is 26.3 Å². The van der Waals surface area contributed by atoms with Gasteiger partial charge < -0.3 is 4.90 Å². The highest BCUT2D eigenvalue weighted by Gasteiger charge is 2.13. The van der Waals surface area contributed by atoms with Gasteiger partial charge in [-0.05, 0) is 31.8 Å². The Morgan fingerprint density at radius 2 is 2.10 bits per heavy atom. The van der Waals surface area contributed by atoms with Gasteiger partial charge in [0.25, 0.3) is 5.56 Å². The van der Waals surface area contributed by atoms with Gasteiger partial charge in [0, 0.05) is 30.1 Å². The second kappa shape index (κ2) is 5.92. The van der Waals surface area contributed by atoms with E-state index in [2.05, 4.69) is 10.2 Å². The maximum Gasteiger partial charge on any atom is 0.261 e. The van der Waals surface area contributed by atoms with Crippen molar-refractivity contribution in [1.82, 2.24) is 14.3 Å². The molecule has 0 radical (unpaired) electrons. The minimum Gasteiger partial charge on any atom is -0.305 e. The number of nitroso groups, excluding NO2 is 1. The van der Waals surface area contributed by atoms with Crippen molar-refractivity contribution < 1.29 is 0 Å². The smallest absolute Gasteiger partial charge is 0.261 e. The van der Waals surface area contributed by atoms with E-state index < -0.39 is 0 Å². The second-order valence-electron chi connectivity index (χ2n) is 5.05. The number of hydrogen-bond acceptors (Lipinski definition) is 5. The molecule has 0 amide bonds. The third-order valence-electron chi connectivity index (χ3n) is 3.10. The summed E-state index contributed by atoms with van der Waals surface area (Å²) in [6.45, 7) is 2.58. The van der Waals surface area contributed by atoms with Gasteiger partial charge in [-0.25, -0.2) is 4.98 Å². The van der Waals surface area contributed by atoms with Crippen LogP contribution in [0.2, 0.25) is 0 Å². The zero-order chi connectivity index (χ0) is 14.7. The van der Waals surface area contributed by atoms with Gasteiger partial charge in [0.1, 0.15) is 0 Å². The molecule has 6 nitrogen and oxygen atoms in total. The summed E-state index contributed by atoms with van der Waals surface area (Å²) in [7, 11) is 3.81. The molecule has 0 aliphatic carbocycles. The molecule has 0 N–H and O–H groups in total. The fourth-order valence-electron chi connectivity index (χ4n) is 2.22. The minimum absolute atomic E-state index is 0.127. The molecular weight excluding hydrogens is 256 g/mol. The summed E-state index contributed by atoms with van der Waals surface area (Å²) < 4.78 is 1.40. The van der Waals surface area contributed by atoms with Crippen LogP contribution in [0.15, 0.2) is 28.4 Å². The number of nitrogens with zero attached hydrogens (tertiary/aromatic N) is 4. The largest absolute Gasteiger partial charge is 0.305 e. The summed E-state index contributed by atoms with van der Waals surface area (Å²) in [6.07, 6.45) is 4.77. The number of fused-ring (bicyclic) bond motifs is 1. The molecule has 0 aromatic carbocycles. The lowest BCUT2D eigenvalue weighted by Gasteiger charge is -2.12. The van der Waals surface area contributed by atoms with Crippen molar-refractivity contribution in [2.24, 2.45) is 5.18 Å². The van der Waals surface area contributed by atoms with Gasteiger partial charge in [-0.15, -0.1) is 4.91 Å². The zero-order valence-corrected chi connectivity index (χ0v) is 12.0. The van der Waals surface area contributed by atoms with Crippen molar-refractivity contribution in [3.05, 3.63) is 44.8 Å². The van der Waals surface area contributed by atoms with Crippen LogP contribution in [-0.2, 0) is 13.0 Å². The lowest BCUT2D eigenvalue weighted by Crippen LogP contribution is -2.20. The molecule has 2 aromatic rings. The number of hydrogen-bond donors (Lipinski definition) is 0. The van der Waals surface area contributed by atoms with Crippen LogP contribution in [-0.4, -0.2) is 28.4 Å². The Hall–Kier alpha value is -2.08. The molecule has 0 saturated carbocycles. The lowest BCUT2D eigenvalue weighted by atomic mass is 10.2. The molecule has 0 aliphatic heterocycles. The highest BCUT2D eigenvalue weighted by molar-refractivity contribution is 5.67. The summed E-state index contributed by atoms with van der Waals surface area (Å²) in [6, 6.07) is 1.75. The van der Waals surface area contributed by atoms with E-state index in [-0.39, 0.29) is 11.2 Å². The molecule has 6 heteroatoms. The molecule has 20 heavy (non-hydrogen) atoms. The average Bonchev–Trinajstić information content (AvgIpc) is 2.41. The van der Waals surface area contributed by atoms with Gasteiger partial charge in [0.15, 0.2) is 11.3 Å². The molecule has 0 aliphatic rings. The first-order valence-corrected chi connectivity index (χ1v) is 6.58. The molecule has 0 saturated heterocycles. The van der Waals surface area contributed by atoms with Crippen LogP contribution in [0, 0.1) is 4.91 Å². The summed E-state index contributed by atoms with van der Waals surface area (Å²) in [5.74, 6) is 0. The molecule has 106 valence electrons. The quantitative estimate of drug-likeness (QED) is 0.783. The Kier molecular flexibility index (Phi) is 4.24. The standard InChI is InChI=1S/C14H18N4O2/c1-4-5-10-8-15-13-12(16-20)11(9-17(2)3)6-7-18(13)14(10)19/h6-8H,4-5,9H2,1-3H3. The first-order chi connectivity index (χ1) is 9.58. The van der Waals surface area contributed by atoms with Crippen LogP contribution in [0.25, 0.3) is 5.65 Å². The Morgan fingerprint density at radius 1 is 1.35 bits per heavy atom. The van der Waals surface area contributed by atoms with E-state index >= 15 is 0 Å². The normalized spacial score (nSPS) is 11.2. The summed E-state index contributed by atoms with van der Waals surface area (Å²) in [5, 5.41) is 3.07. The van der Waals surface area contributed by atoms with Crippen LogP contribution >= 0.6 is 0 Å². The predicted octanol–water partition coefficient (Wildman–Crippen LogP) is 2.11. The monoisotopic (exact) mass is 274 g/mol. The van der Waals surface area contributed by atoms with Crippen molar-refractivity contribution in [2.75, 3.05) is 14.1 Å². The predicted molar refractivity (Wildman–Crippen MR) is 78.3 cm³/mol. The Balaban J connectivity index is 2.67. The van der Waals surface area contributed by atoms with Gasteiger partial charge in [-0.2, -0.15) is 0 Å². The lowest BCUT2D eigenvalue weighted by molar-refractivity contribution is 0.403. The molecule has 0 fully saturated rings. The Labute approximate surface area is 117 Å². The van der Waals surface area contributed by atoms with Gasteiger partial charge >= 0.3 is 0 Å². The van der Waals surface area contributed by atoms with E-state index in [0.29, 0.717) is 24.2 Å². The fourth-order valence-corrected chi connectivity index (χ4v) is 2.22. The first-order valence-electron chi connectivity index (χ1n) is 6.58. The second-order valence-corrected chi connectivity index (χ2v) is 5.05. The van der Waals surface area contributed by atoms with Crippen LogP contribution in [0.4, 0.5) is 5.69 Å². The maximum atomic E-state index is 12.3. The first kappa shape index (κ1) is 14.3. The van der Waals surface area contributed by atoms with Gasteiger partial charge in [0.05, 0.1) is 0 Å². The van der Waals surface area contributed by atoms with Crippen molar-refractivity contribution in [1.29, 1.82) is 0 Å². The molecule has 0 unspecified atom stereocenters. The number of aryl methyl sites for hydroxylation is 1. The fraction of sp³-hybridized carbons (Fsp3) is 0.429. The summed E-state index contributed by atoms with van der Waals surface area (Å²) >= 11 is 0. The van der Waals surface area contributed by atoms with Crippen molar-refractivity contribution >= 4 is 11.3 Å². The van der Waals surface area contributed by atoms with E-state index in [1.54, 1.807) is 18.5 Å². The summed E-state index contributed by atoms with van der Waals surface area (Å²) in [5.41, 5.74) is 1.85. The SMILES string of the molecule is CCCc1cnc2c(N=O)c(CN(C)C)ccn2c1=O. The highest BCUT2D eigenvalue weighted by Crippen LogP contribution is 2.24. The highest BCUT2D eigenvalue weighted by atomic mass is 16.3. The Morgan fingerprint density at radius 3 is 2.70 bits per heavy atom. The van der Waals surface area contributed by atoms with Crippen LogP contribution in [0.1, 0.15) is 24.5 Å². The number of aromatic nitrogens is 2. The van der Waals surface area contributed by atoms with E-state index in [1.807, 2.05) is 25.9 Å². The van der Waals surface area contributed by atoms with E-state index in [9.17, 15) is 9.70 Å². The van der Waals surface area contributed by atoms with E-state index in [1.165, 1.54) is 4.40 Å². The van der Waals surface area contributed by atoms with Crippen molar-refractivity contribution in [3.63, 3.8) is 0 Å². The molecule has 0 spiro atoms. The van der Waals surface area contributed by atoms with Gasteiger partial charge in [0.2, 0.25) is 0 Å². The zero-order valence-electron chi connectivity index (χ0n) is 12.0. The van der Waals surface area contributed by atoms with Crippen molar-refractivity contribution in [3.8, 4) is 0 Å². The molecule has 0 bridgehead atoms. The topological polar surface area (TPSA) is 67.0 Å². The van der Waals surface area contributed by atoms with Gasteiger partial charge in [-0.1, -0.05) is 13.3 Å². The molecule has 2 heterocycles. The summed E-state index contributed by atoms with van der Waals surface area (Å²) in [4.78, 5) is 29.6. The molecule has 0 atom stereocenters.